The number of hydrogen-bond donors (Lipinski definition) is 2. The van der Waals surface area contributed by atoms with Crippen LogP contribution in [-0.4, -0.2) is 44.9 Å². The van der Waals surface area contributed by atoms with Gasteiger partial charge in [-0.25, -0.2) is 0 Å². The molecule has 0 aliphatic rings. The molecule has 102 valence electrons. The fraction of sp³-hybridized carbons (Fsp3) is 0.917. The molecule has 0 spiro atoms. The average Bonchev–Trinajstić information content (AvgIpc) is 2.28. The van der Waals surface area contributed by atoms with Gasteiger partial charge in [-0.15, -0.1) is 0 Å². The van der Waals surface area contributed by atoms with Crippen LogP contribution in [0.25, 0.3) is 0 Å². The molecule has 0 aliphatic carbocycles. The fourth-order valence-electron chi connectivity index (χ4n) is 1.52. The second kappa shape index (κ2) is 8.44. The van der Waals surface area contributed by atoms with Crippen molar-refractivity contribution in [1.82, 2.24) is 5.32 Å². The molecule has 17 heavy (non-hydrogen) atoms. The highest BCUT2D eigenvalue weighted by molar-refractivity contribution is 5.84. The molecule has 0 rings (SSSR count). The first-order chi connectivity index (χ1) is 7.96. The van der Waals surface area contributed by atoms with Crippen LogP contribution in [0.5, 0.6) is 0 Å². The Kier molecular flexibility index (Phi) is 8.12. The van der Waals surface area contributed by atoms with Crippen molar-refractivity contribution in [2.24, 2.45) is 5.73 Å². The molecule has 0 bridgehead atoms. The van der Waals surface area contributed by atoms with Crippen LogP contribution in [0.4, 0.5) is 0 Å². The van der Waals surface area contributed by atoms with Crippen molar-refractivity contribution in [1.29, 1.82) is 0 Å². The number of nitrogens with two attached hydrogens (primary N) is 1. The lowest BCUT2D eigenvalue weighted by atomic mass is 9.94. The fourth-order valence-corrected chi connectivity index (χ4v) is 1.52. The molecule has 0 heterocycles. The lowest BCUT2D eigenvalue weighted by Gasteiger charge is -2.25. The predicted molar refractivity (Wildman–Crippen MR) is 67.8 cm³/mol. The number of ether oxygens (including phenoxy) is 2. The highest BCUT2D eigenvalue weighted by Crippen LogP contribution is 2.13. The van der Waals surface area contributed by atoms with Gasteiger partial charge < -0.3 is 20.5 Å². The molecule has 5 nitrogen and oxygen atoms in total. The third-order valence-corrected chi connectivity index (χ3v) is 2.97. The SMILES string of the molecule is CNC(C)(CCCCOC(C)COC)C(N)=O. The third kappa shape index (κ3) is 6.61. The molecule has 2 atom stereocenters. The van der Waals surface area contributed by atoms with Crippen molar-refractivity contribution in [3.05, 3.63) is 0 Å². The summed E-state index contributed by atoms with van der Waals surface area (Å²) >= 11 is 0. The highest BCUT2D eigenvalue weighted by atomic mass is 16.5. The number of methoxy groups -OCH3 is 1. The van der Waals surface area contributed by atoms with Gasteiger partial charge in [0.15, 0.2) is 0 Å². The van der Waals surface area contributed by atoms with Crippen molar-refractivity contribution in [2.75, 3.05) is 27.4 Å². The molecule has 1 amide bonds. The van der Waals surface area contributed by atoms with E-state index in [1.165, 1.54) is 0 Å². The molecular weight excluding hydrogens is 220 g/mol. The summed E-state index contributed by atoms with van der Waals surface area (Å²) in [7, 11) is 3.41. The van der Waals surface area contributed by atoms with E-state index >= 15 is 0 Å². The summed E-state index contributed by atoms with van der Waals surface area (Å²) in [6, 6.07) is 0. The largest absolute Gasteiger partial charge is 0.382 e. The first-order valence-corrected chi connectivity index (χ1v) is 6.05. The number of nitrogens with one attached hydrogen (secondary N) is 1. The van der Waals surface area contributed by atoms with Gasteiger partial charge in [-0.1, -0.05) is 0 Å². The molecule has 5 heteroatoms. The Labute approximate surface area is 104 Å². The number of carbonyl (C=O) groups excluding carboxylic acids is 1. The van der Waals surface area contributed by atoms with Crippen LogP contribution in [0.2, 0.25) is 0 Å². The number of primary amides is 1. The molecule has 0 fully saturated rings. The van der Waals surface area contributed by atoms with E-state index in [0.29, 0.717) is 13.2 Å². The average molecular weight is 246 g/mol. The van der Waals surface area contributed by atoms with Gasteiger partial charge in [0, 0.05) is 13.7 Å². The monoisotopic (exact) mass is 246 g/mol. The summed E-state index contributed by atoms with van der Waals surface area (Å²) in [5.74, 6) is -0.311. The molecule has 0 saturated carbocycles. The van der Waals surface area contributed by atoms with E-state index in [1.807, 2.05) is 13.8 Å². The Hall–Kier alpha value is -0.650. The first kappa shape index (κ1) is 16.4. The number of carbonyl (C=O) groups is 1. The number of hydrogen-bond acceptors (Lipinski definition) is 4. The van der Waals surface area contributed by atoms with E-state index in [9.17, 15) is 4.79 Å². The number of likely N-dealkylation sites (N-methyl/N-ethyl adjacent to an activating group) is 1. The molecule has 0 aromatic carbocycles. The number of unbranched alkanes of at least 4 members (excludes halogenated alkanes) is 1. The first-order valence-electron chi connectivity index (χ1n) is 6.05. The van der Waals surface area contributed by atoms with Gasteiger partial charge >= 0.3 is 0 Å². The van der Waals surface area contributed by atoms with Crippen LogP contribution in [0.1, 0.15) is 33.1 Å². The predicted octanol–water partition coefficient (Wildman–Crippen LogP) is 0.672. The van der Waals surface area contributed by atoms with Crippen LogP contribution in [0, 0.1) is 0 Å². The Balaban J connectivity index is 3.66. The minimum atomic E-state index is -0.613. The summed E-state index contributed by atoms with van der Waals surface area (Å²) in [5.41, 5.74) is 4.72. The van der Waals surface area contributed by atoms with Gasteiger partial charge in [0.2, 0.25) is 5.91 Å². The van der Waals surface area contributed by atoms with Gasteiger partial charge in [-0.3, -0.25) is 4.79 Å². The normalized spacial score (nSPS) is 16.5. The lowest BCUT2D eigenvalue weighted by Crippen LogP contribution is -2.51. The lowest BCUT2D eigenvalue weighted by molar-refractivity contribution is -0.123. The van der Waals surface area contributed by atoms with E-state index in [2.05, 4.69) is 5.32 Å². The van der Waals surface area contributed by atoms with Gasteiger partial charge in [-0.05, 0) is 40.2 Å². The van der Waals surface area contributed by atoms with E-state index in [1.54, 1.807) is 14.2 Å². The maximum absolute atomic E-state index is 11.2. The third-order valence-electron chi connectivity index (χ3n) is 2.97. The molecule has 0 aromatic rings. The van der Waals surface area contributed by atoms with E-state index < -0.39 is 5.54 Å². The molecule has 3 N–H and O–H groups in total. The highest BCUT2D eigenvalue weighted by Gasteiger charge is 2.27. The zero-order chi connectivity index (χ0) is 13.3. The van der Waals surface area contributed by atoms with Gasteiger partial charge in [0.1, 0.15) is 0 Å². The smallest absolute Gasteiger partial charge is 0.237 e. The molecule has 0 saturated heterocycles. The van der Waals surface area contributed by atoms with E-state index in [4.69, 9.17) is 15.2 Å². The second-order valence-electron chi connectivity index (χ2n) is 4.54. The number of rotatable bonds is 10. The molecule has 0 radical (unpaired) electrons. The Bertz CT molecular complexity index is 224. The summed E-state index contributed by atoms with van der Waals surface area (Å²) in [6.07, 6.45) is 2.66. The maximum Gasteiger partial charge on any atom is 0.237 e. The van der Waals surface area contributed by atoms with Crippen LogP contribution >= 0.6 is 0 Å². The van der Waals surface area contributed by atoms with Crippen molar-refractivity contribution < 1.29 is 14.3 Å². The zero-order valence-electron chi connectivity index (χ0n) is 11.4. The minimum Gasteiger partial charge on any atom is -0.382 e. The van der Waals surface area contributed by atoms with Crippen molar-refractivity contribution >= 4 is 5.91 Å². The summed E-state index contributed by atoms with van der Waals surface area (Å²) in [4.78, 5) is 11.2. The Morgan fingerprint density at radius 2 is 2.12 bits per heavy atom. The van der Waals surface area contributed by atoms with Crippen LogP contribution in [-0.2, 0) is 14.3 Å². The number of amides is 1. The van der Waals surface area contributed by atoms with Gasteiger partial charge in [0.05, 0.1) is 18.2 Å². The summed E-state index contributed by atoms with van der Waals surface area (Å²) in [5, 5.41) is 2.96. The molecular formula is C12H26N2O3. The van der Waals surface area contributed by atoms with Gasteiger partial charge in [0.25, 0.3) is 0 Å². The van der Waals surface area contributed by atoms with Gasteiger partial charge in [-0.2, -0.15) is 0 Å². The summed E-state index contributed by atoms with van der Waals surface area (Å²) in [6.45, 7) is 5.09. The minimum absolute atomic E-state index is 0.117. The summed E-state index contributed by atoms with van der Waals surface area (Å²) < 4.78 is 10.5. The maximum atomic E-state index is 11.2. The van der Waals surface area contributed by atoms with Crippen molar-refractivity contribution in [2.45, 2.75) is 44.8 Å². The van der Waals surface area contributed by atoms with E-state index in [-0.39, 0.29) is 12.0 Å². The second-order valence-corrected chi connectivity index (χ2v) is 4.54. The standard InChI is InChI=1S/C12H26N2O3/c1-10(9-16-4)17-8-6-5-7-12(2,14-3)11(13)15/h10,14H,5-9H2,1-4H3,(H2,13,15). The van der Waals surface area contributed by atoms with Crippen LogP contribution in [0.15, 0.2) is 0 Å². The molecule has 0 aliphatic heterocycles. The zero-order valence-corrected chi connectivity index (χ0v) is 11.4. The molecule has 0 aromatic heterocycles. The van der Waals surface area contributed by atoms with Crippen molar-refractivity contribution in [3.8, 4) is 0 Å². The van der Waals surface area contributed by atoms with E-state index in [0.717, 1.165) is 19.3 Å². The quantitative estimate of drug-likeness (QED) is 0.556. The Morgan fingerprint density at radius 3 is 2.59 bits per heavy atom. The Morgan fingerprint density at radius 1 is 1.47 bits per heavy atom. The topological polar surface area (TPSA) is 73.6 Å². The molecule has 2 unspecified atom stereocenters. The van der Waals surface area contributed by atoms with Crippen LogP contribution < -0.4 is 11.1 Å². The van der Waals surface area contributed by atoms with Crippen molar-refractivity contribution in [3.63, 3.8) is 0 Å². The van der Waals surface area contributed by atoms with Crippen LogP contribution in [0.3, 0.4) is 0 Å².